The van der Waals surface area contributed by atoms with Crippen LogP contribution in [0.5, 0.6) is 0 Å². The van der Waals surface area contributed by atoms with Gasteiger partial charge in [-0.05, 0) is 63.7 Å². The van der Waals surface area contributed by atoms with Gasteiger partial charge in [-0.3, -0.25) is 0 Å². The molecule has 1 aromatic carbocycles. The Morgan fingerprint density at radius 2 is 0.750 bits per heavy atom. The minimum atomic E-state index is -1.17. The zero-order valence-electron chi connectivity index (χ0n) is 11.8. The van der Waals surface area contributed by atoms with Gasteiger partial charge in [-0.25, -0.2) is 9.59 Å². The third-order valence-corrected chi connectivity index (χ3v) is 6.13. The molecule has 0 fully saturated rings. The highest BCUT2D eigenvalue weighted by Gasteiger charge is 2.26. The molecule has 138 valence electrons. The molecule has 0 bridgehead atoms. The van der Waals surface area contributed by atoms with E-state index in [0.717, 1.165) is 0 Å². The van der Waals surface area contributed by atoms with E-state index in [1.165, 1.54) is 0 Å². The van der Waals surface area contributed by atoms with Crippen LogP contribution < -0.4 is 0 Å². The van der Waals surface area contributed by atoms with Crippen molar-refractivity contribution in [1.82, 2.24) is 0 Å². The normalized spacial score (nSPS) is 9.33. The predicted octanol–water partition coefficient (Wildman–Crippen LogP) is 2.08. The second-order valence-corrected chi connectivity index (χ2v) is 6.68. The zero-order valence-corrected chi connectivity index (χ0v) is 18.2. The van der Waals surface area contributed by atoms with Gasteiger partial charge in [0.1, 0.15) is 0 Å². The van der Waals surface area contributed by atoms with Crippen LogP contribution in [0, 0.1) is 0 Å². The van der Waals surface area contributed by atoms with E-state index in [-0.39, 0.29) is 55.4 Å². The standard InChI is InChI=1S/C8H2Br4O4.2C2H6O2/c9-3-1(7(13)14)4(10)6(12)2(5(3)11)8(15)16;2*3-1-2-4/h(H,13,14)(H,15,16);2*3-4H,1-2H2. The highest BCUT2D eigenvalue weighted by molar-refractivity contribution is 9.14. The van der Waals surface area contributed by atoms with Gasteiger partial charge in [-0.15, -0.1) is 0 Å². The molecule has 1 aromatic rings. The first-order valence-electron chi connectivity index (χ1n) is 5.88. The average Bonchev–Trinajstić information content (AvgIpc) is 2.53. The van der Waals surface area contributed by atoms with Crippen molar-refractivity contribution in [2.75, 3.05) is 26.4 Å². The summed E-state index contributed by atoms with van der Waals surface area (Å²) in [7, 11) is 0. The van der Waals surface area contributed by atoms with Gasteiger partial charge in [-0.1, -0.05) is 0 Å². The molecule has 0 aromatic heterocycles. The Bertz CT molecular complexity index is 482. The summed E-state index contributed by atoms with van der Waals surface area (Å²) in [5.41, 5.74) is -0.104. The van der Waals surface area contributed by atoms with Gasteiger partial charge < -0.3 is 30.6 Å². The number of aliphatic hydroxyl groups is 4. The number of halogens is 4. The van der Waals surface area contributed by atoms with Crippen LogP contribution >= 0.6 is 63.7 Å². The Kier molecular flexibility index (Phi) is 15.4. The molecule has 12 heteroatoms. The van der Waals surface area contributed by atoms with Crippen LogP contribution in [0.25, 0.3) is 0 Å². The van der Waals surface area contributed by atoms with E-state index in [2.05, 4.69) is 63.7 Å². The third-order valence-electron chi connectivity index (χ3n) is 1.89. The van der Waals surface area contributed by atoms with Gasteiger partial charge in [0.05, 0.1) is 37.6 Å². The Morgan fingerprint density at radius 3 is 0.833 bits per heavy atom. The van der Waals surface area contributed by atoms with Gasteiger partial charge in [0.25, 0.3) is 0 Å². The fourth-order valence-electron chi connectivity index (χ4n) is 1.01. The summed E-state index contributed by atoms with van der Waals surface area (Å²) in [4.78, 5) is 22.0. The molecule has 0 saturated carbocycles. The second-order valence-electron chi connectivity index (χ2n) is 3.51. The van der Waals surface area contributed by atoms with Gasteiger partial charge in [0, 0.05) is 17.9 Å². The average molecular weight is 606 g/mol. The third kappa shape index (κ3) is 8.34. The fourth-order valence-corrected chi connectivity index (χ4v) is 3.80. The van der Waals surface area contributed by atoms with E-state index in [4.69, 9.17) is 30.6 Å². The molecule has 0 aliphatic rings. The summed E-state index contributed by atoms with van der Waals surface area (Å²) in [5, 5.41) is 48.5. The van der Waals surface area contributed by atoms with Crippen LogP contribution in [-0.2, 0) is 0 Å². The van der Waals surface area contributed by atoms with Gasteiger partial charge in [-0.2, -0.15) is 0 Å². The lowest BCUT2D eigenvalue weighted by Crippen LogP contribution is -2.07. The molecule has 0 radical (unpaired) electrons. The molecule has 8 nitrogen and oxygen atoms in total. The summed E-state index contributed by atoms with van der Waals surface area (Å²) in [6.45, 7) is -0.500. The van der Waals surface area contributed by atoms with Crippen molar-refractivity contribution < 1.29 is 40.2 Å². The number of carboxylic acids is 2. The van der Waals surface area contributed by atoms with Crippen molar-refractivity contribution in [3.63, 3.8) is 0 Å². The quantitative estimate of drug-likeness (QED) is 0.285. The van der Waals surface area contributed by atoms with E-state index < -0.39 is 11.9 Å². The minimum absolute atomic E-state index is 0.0521. The number of hydrogen-bond donors (Lipinski definition) is 6. The number of carboxylic acid groups (broad SMARTS) is 2. The van der Waals surface area contributed by atoms with Crippen LogP contribution in [0.2, 0.25) is 0 Å². The maximum Gasteiger partial charge on any atom is 0.338 e. The maximum atomic E-state index is 11.0. The molecule has 24 heavy (non-hydrogen) atoms. The first-order chi connectivity index (χ1) is 11.1. The van der Waals surface area contributed by atoms with E-state index in [9.17, 15) is 9.59 Å². The van der Waals surface area contributed by atoms with Crippen molar-refractivity contribution >= 4 is 75.7 Å². The molecule has 0 unspecified atom stereocenters. The summed E-state index contributed by atoms with van der Waals surface area (Å²) in [6, 6.07) is 0. The highest BCUT2D eigenvalue weighted by Crippen LogP contribution is 2.41. The Balaban J connectivity index is 0. The summed E-state index contributed by atoms with van der Waals surface area (Å²) in [6.07, 6.45) is 0. The lowest BCUT2D eigenvalue weighted by atomic mass is 10.1. The predicted molar refractivity (Wildman–Crippen MR) is 99.5 cm³/mol. The summed E-state index contributed by atoms with van der Waals surface area (Å²) < 4.78 is 0.694. The van der Waals surface area contributed by atoms with Crippen molar-refractivity contribution in [2.24, 2.45) is 0 Å². The zero-order chi connectivity index (χ0) is 19.4. The van der Waals surface area contributed by atoms with Crippen LogP contribution in [0.3, 0.4) is 0 Å². The van der Waals surface area contributed by atoms with Crippen LogP contribution in [-0.4, -0.2) is 69.0 Å². The number of rotatable bonds is 4. The molecular weight excluding hydrogens is 592 g/mol. The fraction of sp³-hybridized carbons (Fsp3) is 0.333. The molecule has 0 spiro atoms. The molecule has 0 aliphatic heterocycles. The molecule has 0 heterocycles. The highest BCUT2D eigenvalue weighted by atomic mass is 79.9. The summed E-state index contributed by atoms with van der Waals surface area (Å²) >= 11 is 12.2. The molecule has 0 aliphatic carbocycles. The SMILES string of the molecule is O=C(O)c1c(Br)c(Br)c(C(=O)O)c(Br)c1Br.OCCO.OCCO. The number of aromatic carboxylic acids is 2. The Morgan fingerprint density at radius 1 is 0.583 bits per heavy atom. The lowest BCUT2D eigenvalue weighted by Gasteiger charge is -2.11. The number of carbonyl (C=O) groups is 2. The summed E-state index contributed by atoms with van der Waals surface area (Å²) in [5.74, 6) is -2.34. The largest absolute Gasteiger partial charge is 0.478 e. The maximum absolute atomic E-state index is 11.0. The van der Waals surface area contributed by atoms with E-state index in [1.54, 1.807) is 0 Å². The first-order valence-corrected chi connectivity index (χ1v) is 9.05. The first kappa shape index (κ1) is 26.2. The number of aliphatic hydroxyl groups excluding tert-OH is 4. The van der Waals surface area contributed by atoms with Gasteiger partial charge in [0.2, 0.25) is 0 Å². The molecule has 6 N–H and O–H groups in total. The minimum Gasteiger partial charge on any atom is -0.478 e. The smallest absolute Gasteiger partial charge is 0.338 e. The van der Waals surface area contributed by atoms with Gasteiger partial charge in [0.15, 0.2) is 0 Å². The molecular formula is C12H14Br4O8. The van der Waals surface area contributed by atoms with Crippen LogP contribution in [0.1, 0.15) is 20.7 Å². The van der Waals surface area contributed by atoms with Crippen LogP contribution in [0.4, 0.5) is 0 Å². The molecule has 0 amide bonds. The number of hydrogen-bond acceptors (Lipinski definition) is 6. The second kappa shape index (κ2) is 14.1. The monoisotopic (exact) mass is 602 g/mol. The van der Waals surface area contributed by atoms with Crippen molar-refractivity contribution in [3.05, 3.63) is 29.0 Å². The molecule has 1 rings (SSSR count). The lowest BCUT2D eigenvalue weighted by molar-refractivity contribution is 0.0677. The van der Waals surface area contributed by atoms with E-state index in [1.807, 2.05) is 0 Å². The Labute approximate surface area is 170 Å². The van der Waals surface area contributed by atoms with Gasteiger partial charge >= 0.3 is 11.9 Å². The number of benzene rings is 1. The van der Waals surface area contributed by atoms with Crippen molar-refractivity contribution in [3.8, 4) is 0 Å². The van der Waals surface area contributed by atoms with Crippen LogP contribution in [0.15, 0.2) is 17.9 Å². The van der Waals surface area contributed by atoms with E-state index >= 15 is 0 Å². The van der Waals surface area contributed by atoms with Crippen molar-refractivity contribution in [2.45, 2.75) is 0 Å². The molecule has 0 saturated heterocycles. The van der Waals surface area contributed by atoms with E-state index in [0.29, 0.717) is 0 Å². The van der Waals surface area contributed by atoms with Crippen molar-refractivity contribution in [1.29, 1.82) is 0 Å². The Hall–Kier alpha value is -0.0800. The topological polar surface area (TPSA) is 156 Å². The molecule has 0 atom stereocenters.